The molecule has 88 valence electrons. The minimum atomic E-state index is 0.641. The van der Waals surface area contributed by atoms with Crippen molar-refractivity contribution in [3.05, 3.63) is 0 Å². The normalized spacial score (nSPS) is 25.1. The van der Waals surface area contributed by atoms with Crippen molar-refractivity contribution in [2.75, 3.05) is 33.2 Å². The smallest absolute Gasteiger partial charge is 0.0740 e. The Hall–Kier alpha value is -0.190. The van der Waals surface area contributed by atoms with Gasteiger partial charge in [-0.25, -0.2) is 0 Å². The second-order valence-electron chi connectivity index (χ2n) is 4.43. The molecule has 0 saturated carbocycles. The van der Waals surface area contributed by atoms with Gasteiger partial charge in [-0.1, -0.05) is 19.1 Å². The van der Waals surface area contributed by atoms with Crippen molar-refractivity contribution in [3.63, 3.8) is 0 Å². The monoisotopic (exact) mass is 229 g/mol. The summed E-state index contributed by atoms with van der Waals surface area (Å²) in [4.78, 5) is 5.61. The van der Waals surface area contributed by atoms with Crippen LogP contribution in [0, 0.1) is 0 Å². The Bertz CT molecular complexity index is 208. The molecule has 1 saturated heterocycles. The molecule has 0 aliphatic carbocycles. The van der Waals surface area contributed by atoms with Crippen LogP contribution in [0.15, 0.2) is 0 Å². The van der Waals surface area contributed by atoms with E-state index in [4.69, 9.17) is 18.0 Å². The van der Waals surface area contributed by atoms with Crippen LogP contribution >= 0.6 is 12.2 Å². The summed E-state index contributed by atoms with van der Waals surface area (Å²) in [5.41, 5.74) is 5.56. The van der Waals surface area contributed by atoms with Crippen LogP contribution in [0.5, 0.6) is 0 Å². The molecule has 0 aromatic rings. The molecule has 15 heavy (non-hydrogen) atoms. The first-order valence-corrected chi connectivity index (χ1v) is 6.25. The largest absolute Gasteiger partial charge is 0.393 e. The number of nitrogens with two attached hydrogens (primary N) is 1. The molecule has 1 unspecified atom stereocenters. The Balaban J connectivity index is 2.47. The van der Waals surface area contributed by atoms with Gasteiger partial charge in [0.1, 0.15) is 0 Å². The van der Waals surface area contributed by atoms with E-state index >= 15 is 0 Å². The molecular weight excluding hydrogens is 206 g/mol. The van der Waals surface area contributed by atoms with Crippen LogP contribution in [0.1, 0.15) is 26.2 Å². The molecular formula is C11H23N3S. The number of likely N-dealkylation sites (N-methyl/N-ethyl adjacent to an activating group) is 1. The highest BCUT2D eigenvalue weighted by Gasteiger charge is 2.21. The third kappa shape index (κ3) is 4.45. The molecule has 3 nitrogen and oxygen atoms in total. The summed E-state index contributed by atoms with van der Waals surface area (Å²) in [7, 11) is 2.21. The maximum Gasteiger partial charge on any atom is 0.0740 e. The average molecular weight is 229 g/mol. The predicted molar refractivity (Wildman–Crippen MR) is 69.2 cm³/mol. The maximum absolute atomic E-state index is 5.56. The molecule has 1 atom stereocenters. The van der Waals surface area contributed by atoms with Gasteiger partial charge < -0.3 is 10.6 Å². The van der Waals surface area contributed by atoms with Gasteiger partial charge in [-0.3, -0.25) is 4.90 Å². The fourth-order valence-corrected chi connectivity index (χ4v) is 2.32. The molecule has 1 aliphatic heterocycles. The van der Waals surface area contributed by atoms with E-state index in [2.05, 4.69) is 23.8 Å². The SMILES string of the molecule is CCC1CN(C)CCCN1CCC(N)=S. The van der Waals surface area contributed by atoms with E-state index in [1.165, 1.54) is 32.5 Å². The van der Waals surface area contributed by atoms with Crippen LogP contribution in [0.4, 0.5) is 0 Å². The van der Waals surface area contributed by atoms with E-state index in [-0.39, 0.29) is 0 Å². The fourth-order valence-electron chi connectivity index (χ4n) is 2.23. The Morgan fingerprint density at radius 3 is 2.80 bits per heavy atom. The summed E-state index contributed by atoms with van der Waals surface area (Å²) in [5.74, 6) is 0. The quantitative estimate of drug-likeness (QED) is 0.731. The van der Waals surface area contributed by atoms with E-state index in [0.29, 0.717) is 11.0 Å². The second kappa shape index (κ2) is 6.40. The van der Waals surface area contributed by atoms with Crippen LogP contribution in [-0.2, 0) is 0 Å². The van der Waals surface area contributed by atoms with Crippen LogP contribution in [0.2, 0.25) is 0 Å². The molecule has 2 N–H and O–H groups in total. The molecule has 1 fully saturated rings. The van der Waals surface area contributed by atoms with E-state index in [1.807, 2.05) is 0 Å². The third-order valence-electron chi connectivity index (χ3n) is 3.14. The van der Waals surface area contributed by atoms with Crippen LogP contribution in [-0.4, -0.2) is 54.1 Å². The van der Waals surface area contributed by atoms with Crippen LogP contribution < -0.4 is 5.73 Å². The first kappa shape index (κ1) is 12.9. The number of rotatable bonds is 4. The number of hydrogen-bond donors (Lipinski definition) is 1. The Morgan fingerprint density at radius 2 is 2.20 bits per heavy atom. The summed E-state index contributed by atoms with van der Waals surface area (Å²) in [5, 5.41) is 0. The lowest BCUT2D eigenvalue weighted by atomic mass is 10.2. The predicted octanol–water partition coefficient (Wildman–Crippen LogP) is 1.08. The van der Waals surface area contributed by atoms with Gasteiger partial charge in [0.2, 0.25) is 0 Å². The molecule has 0 bridgehead atoms. The van der Waals surface area contributed by atoms with Crippen molar-refractivity contribution >= 4 is 17.2 Å². The van der Waals surface area contributed by atoms with Gasteiger partial charge in [0.25, 0.3) is 0 Å². The molecule has 0 aromatic heterocycles. The zero-order valence-corrected chi connectivity index (χ0v) is 10.7. The highest BCUT2D eigenvalue weighted by atomic mass is 32.1. The minimum Gasteiger partial charge on any atom is -0.393 e. The van der Waals surface area contributed by atoms with E-state index in [0.717, 1.165) is 13.0 Å². The zero-order chi connectivity index (χ0) is 11.3. The van der Waals surface area contributed by atoms with Gasteiger partial charge in [0.15, 0.2) is 0 Å². The van der Waals surface area contributed by atoms with Crippen molar-refractivity contribution in [2.24, 2.45) is 5.73 Å². The topological polar surface area (TPSA) is 32.5 Å². The van der Waals surface area contributed by atoms with Gasteiger partial charge >= 0.3 is 0 Å². The van der Waals surface area contributed by atoms with E-state index in [1.54, 1.807) is 0 Å². The van der Waals surface area contributed by atoms with Gasteiger partial charge in [0, 0.05) is 25.6 Å². The summed E-state index contributed by atoms with van der Waals surface area (Å²) in [6.45, 7) is 6.86. The van der Waals surface area contributed by atoms with Gasteiger partial charge in [-0.15, -0.1) is 0 Å². The molecule has 0 amide bonds. The van der Waals surface area contributed by atoms with Gasteiger partial charge in [-0.05, 0) is 33.0 Å². The van der Waals surface area contributed by atoms with Crippen molar-refractivity contribution in [3.8, 4) is 0 Å². The van der Waals surface area contributed by atoms with E-state index in [9.17, 15) is 0 Å². The van der Waals surface area contributed by atoms with Gasteiger partial charge in [0.05, 0.1) is 4.99 Å². The minimum absolute atomic E-state index is 0.641. The van der Waals surface area contributed by atoms with Crippen molar-refractivity contribution in [2.45, 2.75) is 32.2 Å². The molecule has 0 radical (unpaired) electrons. The number of hydrogen-bond acceptors (Lipinski definition) is 3. The summed E-state index contributed by atoms with van der Waals surface area (Å²) in [6.07, 6.45) is 3.32. The Morgan fingerprint density at radius 1 is 1.47 bits per heavy atom. The molecule has 4 heteroatoms. The molecule has 0 aromatic carbocycles. The highest BCUT2D eigenvalue weighted by Crippen LogP contribution is 2.12. The second-order valence-corrected chi connectivity index (χ2v) is 4.95. The lowest BCUT2D eigenvalue weighted by Gasteiger charge is -2.29. The standard InChI is InChI=1S/C11H23N3S/c1-3-10-9-13(2)6-4-7-14(10)8-5-11(12)15/h10H,3-9H2,1-2H3,(H2,12,15). The molecule has 1 aliphatic rings. The molecule has 1 heterocycles. The van der Waals surface area contributed by atoms with Gasteiger partial charge in [-0.2, -0.15) is 0 Å². The van der Waals surface area contributed by atoms with Crippen molar-refractivity contribution in [1.82, 2.24) is 9.80 Å². The first-order chi connectivity index (χ1) is 7.13. The molecule has 1 rings (SSSR count). The van der Waals surface area contributed by atoms with Crippen molar-refractivity contribution in [1.29, 1.82) is 0 Å². The fraction of sp³-hybridized carbons (Fsp3) is 0.909. The summed E-state index contributed by atoms with van der Waals surface area (Å²) >= 11 is 4.94. The lowest BCUT2D eigenvalue weighted by Crippen LogP contribution is -2.41. The van der Waals surface area contributed by atoms with Crippen LogP contribution in [0.3, 0.4) is 0 Å². The van der Waals surface area contributed by atoms with Crippen molar-refractivity contribution < 1.29 is 0 Å². The number of nitrogens with zero attached hydrogens (tertiary/aromatic N) is 2. The maximum atomic E-state index is 5.56. The molecule has 0 spiro atoms. The summed E-state index contributed by atoms with van der Waals surface area (Å²) < 4.78 is 0. The van der Waals surface area contributed by atoms with E-state index < -0.39 is 0 Å². The first-order valence-electron chi connectivity index (χ1n) is 5.84. The highest BCUT2D eigenvalue weighted by molar-refractivity contribution is 7.80. The summed E-state index contributed by atoms with van der Waals surface area (Å²) in [6, 6.07) is 0.673. The van der Waals surface area contributed by atoms with Crippen LogP contribution in [0.25, 0.3) is 0 Å². The average Bonchev–Trinajstić information content (AvgIpc) is 2.36. The third-order valence-corrected chi connectivity index (χ3v) is 3.34. The Kier molecular flexibility index (Phi) is 5.50. The zero-order valence-electron chi connectivity index (χ0n) is 9.91. The Labute approximate surface area is 98.6 Å². The lowest BCUT2D eigenvalue weighted by molar-refractivity contribution is 0.188. The number of thiocarbonyl (C=S) groups is 1.